The van der Waals surface area contributed by atoms with Crippen LogP contribution in [0.1, 0.15) is 35.6 Å². The van der Waals surface area contributed by atoms with Crippen molar-refractivity contribution in [3.63, 3.8) is 0 Å². The number of fused-ring (bicyclic) bond motifs is 1. The minimum atomic E-state index is -0.169. The van der Waals surface area contributed by atoms with Gasteiger partial charge < -0.3 is 4.74 Å². The van der Waals surface area contributed by atoms with E-state index >= 15 is 0 Å². The minimum absolute atomic E-state index is 0.169. The van der Waals surface area contributed by atoms with Gasteiger partial charge in [-0.2, -0.15) is 5.10 Å². The molecular formula is C19H24FN3O. The van der Waals surface area contributed by atoms with Crippen molar-refractivity contribution in [1.82, 2.24) is 14.7 Å². The molecule has 0 N–H and O–H groups in total. The van der Waals surface area contributed by atoms with Crippen LogP contribution in [0.4, 0.5) is 4.39 Å². The quantitative estimate of drug-likeness (QED) is 0.815. The Morgan fingerprint density at radius 2 is 2.21 bits per heavy atom. The van der Waals surface area contributed by atoms with Crippen molar-refractivity contribution in [3.8, 4) is 0 Å². The molecule has 24 heavy (non-hydrogen) atoms. The van der Waals surface area contributed by atoms with Crippen molar-refractivity contribution in [2.24, 2.45) is 5.92 Å². The zero-order valence-corrected chi connectivity index (χ0v) is 14.1. The maximum Gasteiger partial charge on any atom is 0.123 e. The first kappa shape index (κ1) is 15.8. The predicted molar refractivity (Wildman–Crippen MR) is 90.1 cm³/mol. The summed E-state index contributed by atoms with van der Waals surface area (Å²) in [6, 6.07) is 6.90. The van der Waals surface area contributed by atoms with Gasteiger partial charge in [0.2, 0.25) is 0 Å². The fourth-order valence-electron chi connectivity index (χ4n) is 3.69. The number of hydrogen-bond acceptors (Lipinski definition) is 3. The molecule has 0 radical (unpaired) electrons. The molecule has 4 rings (SSSR count). The van der Waals surface area contributed by atoms with E-state index < -0.39 is 0 Å². The highest BCUT2D eigenvalue weighted by Crippen LogP contribution is 2.34. The summed E-state index contributed by atoms with van der Waals surface area (Å²) in [6.07, 6.45) is 4.67. The van der Waals surface area contributed by atoms with Crippen molar-refractivity contribution < 1.29 is 9.13 Å². The Bertz CT molecular complexity index is 710. The van der Waals surface area contributed by atoms with Crippen LogP contribution in [0.5, 0.6) is 0 Å². The van der Waals surface area contributed by atoms with Crippen LogP contribution in [-0.2, 0) is 24.4 Å². The molecule has 2 heterocycles. The fraction of sp³-hybridized carbons (Fsp3) is 0.526. The maximum atomic E-state index is 13.5. The van der Waals surface area contributed by atoms with E-state index in [0.717, 1.165) is 37.7 Å². The SMILES string of the molecule is COCC1CN(Cc2cccc(F)c2)Cc2c1cnn2CC1CC1. The molecule has 1 aliphatic heterocycles. The predicted octanol–water partition coefficient (Wildman–Crippen LogP) is 3.18. The van der Waals surface area contributed by atoms with Crippen molar-refractivity contribution >= 4 is 0 Å². The molecule has 1 fully saturated rings. The van der Waals surface area contributed by atoms with E-state index in [-0.39, 0.29) is 5.82 Å². The summed E-state index contributed by atoms with van der Waals surface area (Å²) in [5.41, 5.74) is 3.66. The highest BCUT2D eigenvalue weighted by Gasteiger charge is 2.31. The van der Waals surface area contributed by atoms with Gasteiger partial charge in [0.1, 0.15) is 5.82 Å². The molecule has 2 aromatic rings. The van der Waals surface area contributed by atoms with Crippen LogP contribution in [-0.4, -0.2) is 34.9 Å². The summed E-state index contributed by atoms with van der Waals surface area (Å²) in [5.74, 6) is 0.964. The summed E-state index contributed by atoms with van der Waals surface area (Å²) in [4.78, 5) is 2.38. The molecule has 1 atom stereocenters. The van der Waals surface area contributed by atoms with Crippen LogP contribution in [0.15, 0.2) is 30.5 Å². The monoisotopic (exact) mass is 329 g/mol. The van der Waals surface area contributed by atoms with Gasteiger partial charge in [0.05, 0.1) is 18.5 Å². The Labute approximate surface area is 142 Å². The standard InChI is InChI=1S/C19H24FN3O/c1-24-13-16-11-22(9-15-3-2-4-17(20)7-15)12-19-18(16)8-21-23(19)10-14-5-6-14/h2-4,7-8,14,16H,5-6,9-13H2,1H3. The molecule has 1 unspecified atom stereocenters. The molecule has 128 valence electrons. The lowest BCUT2D eigenvalue weighted by Gasteiger charge is -2.33. The van der Waals surface area contributed by atoms with Gasteiger partial charge in [-0.3, -0.25) is 9.58 Å². The summed E-state index contributed by atoms with van der Waals surface area (Å²) >= 11 is 0. The normalized spacial score (nSPS) is 21.0. The highest BCUT2D eigenvalue weighted by molar-refractivity contribution is 5.27. The van der Waals surface area contributed by atoms with Gasteiger partial charge in [-0.05, 0) is 36.5 Å². The van der Waals surface area contributed by atoms with Crippen molar-refractivity contribution in [2.75, 3.05) is 20.3 Å². The van der Waals surface area contributed by atoms with E-state index in [1.54, 1.807) is 19.2 Å². The van der Waals surface area contributed by atoms with Gasteiger partial charge in [-0.15, -0.1) is 0 Å². The number of hydrogen-bond donors (Lipinski definition) is 0. The number of ether oxygens (including phenoxy) is 1. The number of halogens is 1. The lowest BCUT2D eigenvalue weighted by molar-refractivity contribution is 0.134. The lowest BCUT2D eigenvalue weighted by Crippen LogP contribution is -2.35. The van der Waals surface area contributed by atoms with E-state index in [2.05, 4.69) is 14.7 Å². The van der Waals surface area contributed by atoms with Crippen molar-refractivity contribution in [3.05, 3.63) is 53.1 Å². The number of nitrogens with zero attached hydrogens (tertiary/aromatic N) is 3. The fourth-order valence-corrected chi connectivity index (χ4v) is 3.69. The zero-order chi connectivity index (χ0) is 16.5. The van der Waals surface area contributed by atoms with Crippen LogP contribution in [0, 0.1) is 11.7 Å². The van der Waals surface area contributed by atoms with Gasteiger partial charge in [-0.25, -0.2) is 4.39 Å². The second-order valence-electron chi connectivity index (χ2n) is 7.12. The van der Waals surface area contributed by atoms with Gasteiger partial charge in [-0.1, -0.05) is 12.1 Å². The second kappa shape index (κ2) is 6.65. The summed E-state index contributed by atoms with van der Waals surface area (Å²) < 4.78 is 21.1. The smallest absolute Gasteiger partial charge is 0.123 e. The average Bonchev–Trinajstić information content (AvgIpc) is 3.28. The third-order valence-corrected chi connectivity index (χ3v) is 5.06. The zero-order valence-electron chi connectivity index (χ0n) is 14.1. The number of rotatable bonds is 6. The van der Waals surface area contributed by atoms with Gasteiger partial charge in [0.15, 0.2) is 0 Å². The van der Waals surface area contributed by atoms with Gasteiger partial charge >= 0.3 is 0 Å². The molecule has 5 heteroatoms. The molecule has 1 aliphatic carbocycles. The first-order valence-electron chi connectivity index (χ1n) is 8.73. The van der Waals surface area contributed by atoms with E-state index in [1.165, 1.54) is 30.2 Å². The van der Waals surface area contributed by atoms with Crippen LogP contribution in [0.3, 0.4) is 0 Å². The molecule has 1 saturated carbocycles. The Balaban J connectivity index is 1.56. The molecule has 1 aromatic carbocycles. The number of aromatic nitrogens is 2. The summed E-state index contributed by atoms with van der Waals surface area (Å²) in [7, 11) is 1.75. The second-order valence-corrected chi connectivity index (χ2v) is 7.12. The molecule has 0 amide bonds. The Kier molecular flexibility index (Phi) is 4.37. The minimum Gasteiger partial charge on any atom is -0.384 e. The molecule has 0 spiro atoms. The Hall–Kier alpha value is -1.72. The van der Waals surface area contributed by atoms with E-state index in [0.29, 0.717) is 12.5 Å². The largest absolute Gasteiger partial charge is 0.384 e. The molecule has 2 aliphatic rings. The Morgan fingerprint density at radius 3 is 2.96 bits per heavy atom. The Morgan fingerprint density at radius 1 is 1.33 bits per heavy atom. The molecule has 0 bridgehead atoms. The molecular weight excluding hydrogens is 305 g/mol. The first-order valence-corrected chi connectivity index (χ1v) is 8.73. The third kappa shape index (κ3) is 3.37. The van der Waals surface area contributed by atoms with Gasteiger partial charge in [0, 0.05) is 44.8 Å². The molecule has 0 saturated heterocycles. The average molecular weight is 329 g/mol. The van der Waals surface area contributed by atoms with E-state index in [9.17, 15) is 4.39 Å². The summed E-state index contributed by atoms with van der Waals surface area (Å²) in [6.45, 7) is 4.28. The summed E-state index contributed by atoms with van der Waals surface area (Å²) in [5, 5.41) is 4.64. The first-order chi connectivity index (χ1) is 11.7. The third-order valence-electron chi connectivity index (χ3n) is 5.06. The maximum absolute atomic E-state index is 13.5. The highest BCUT2D eigenvalue weighted by atomic mass is 19.1. The van der Waals surface area contributed by atoms with Crippen LogP contribution < -0.4 is 0 Å². The van der Waals surface area contributed by atoms with Crippen molar-refractivity contribution in [2.45, 2.75) is 38.4 Å². The number of benzene rings is 1. The topological polar surface area (TPSA) is 30.3 Å². The van der Waals surface area contributed by atoms with E-state index in [4.69, 9.17) is 4.74 Å². The van der Waals surface area contributed by atoms with Crippen molar-refractivity contribution in [1.29, 1.82) is 0 Å². The van der Waals surface area contributed by atoms with E-state index in [1.807, 2.05) is 12.3 Å². The van der Waals surface area contributed by atoms with Crippen LogP contribution in [0.2, 0.25) is 0 Å². The number of methoxy groups -OCH3 is 1. The van der Waals surface area contributed by atoms with Crippen LogP contribution in [0.25, 0.3) is 0 Å². The van der Waals surface area contributed by atoms with Crippen LogP contribution >= 0.6 is 0 Å². The lowest BCUT2D eigenvalue weighted by atomic mass is 9.95. The molecule has 1 aromatic heterocycles. The van der Waals surface area contributed by atoms with Gasteiger partial charge in [0.25, 0.3) is 0 Å². The molecule has 4 nitrogen and oxygen atoms in total.